The molecule has 0 radical (unpaired) electrons. The number of ether oxygens (including phenoxy) is 2. The van der Waals surface area contributed by atoms with E-state index >= 15 is 0 Å². The van der Waals surface area contributed by atoms with Crippen molar-refractivity contribution >= 4 is 0 Å². The molecule has 1 aliphatic heterocycles. The molecule has 0 aromatic heterocycles. The van der Waals surface area contributed by atoms with Crippen LogP contribution in [0.25, 0.3) is 0 Å². The molecule has 0 aromatic carbocycles. The predicted molar refractivity (Wildman–Crippen MR) is 74.4 cm³/mol. The fourth-order valence-corrected chi connectivity index (χ4v) is 2.73. The van der Waals surface area contributed by atoms with Crippen molar-refractivity contribution in [3.8, 4) is 0 Å². The Bertz CT molecular complexity index is 236. The van der Waals surface area contributed by atoms with Crippen LogP contribution in [0.2, 0.25) is 0 Å². The van der Waals surface area contributed by atoms with E-state index in [0.717, 1.165) is 25.4 Å². The Morgan fingerprint density at radius 3 is 2.28 bits per heavy atom. The third-order valence-corrected chi connectivity index (χ3v) is 4.22. The van der Waals surface area contributed by atoms with Gasteiger partial charge in [0, 0.05) is 39.8 Å². The molecule has 0 bridgehead atoms. The average molecular weight is 258 g/mol. The van der Waals surface area contributed by atoms with Crippen molar-refractivity contribution < 1.29 is 9.47 Å². The second kappa shape index (κ2) is 6.85. The van der Waals surface area contributed by atoms with Crippen molar-refractivity contribution in [2.24, 2.45) is 17.1 Å². The Morgan fingerprint density at radius 2 is 1.89 bits per heavy atom. The predicted octanol–water partition coefficient (Wildman–Crippen LogP) is 1.69. The Morgan fingerprint density at radius 1 is 1.28 bits per heavy atom. The Kier molecular flexibility index (Phi) is 6.05. The molecule has 108 valence electrons. The fourth-order valence-electron chi connectivity index (χ4n) is 2.73. The van der Waals surface area contributed by atoms with E-state index in [1.807, 2.05) is 0 Å². The van der Waals surface area contributed by atoms with Crippen molar-refractivity contribution in [1.29, 1.82) is 0 Å². The van der Waals surface area contributed by atoms with E-state index in [1.165, 1.54) is 6.42 Å². The van der Waals surface area contributed by atoms with E-state index in [9.17, 15) is 0 Å². The third-order valence-electron chi connectivity index (χ3n) is 4.22. The van der Waals surface area contributed by atoms with Crippen LogP contribution in [0.3, 0.4) is 0 Å². The van der Waals surface area contributed by atoms with Gasteiger partial charge in [-0.25, -0.2) is 0 Å². The summed E-state index contributed by atoms with van der Waals surface area (Å²) in [4.78, 5) is 2.50. The van der Waals surface area contributed by atoms with E-state index < -0.39 is 0 Å². The van der Waals surface area contributed by atoms with Gasteiger partial charge in [0.05, 0.1) is 0 Å². The van der Waals surface area contributed by atoms with Gasteiger partial charge in [-0.2, -0.15) is 0 Å². The number of nitrogens with two attached hydrogens (primary N) is 1. The van der Waals surface area contributed by atoms with Crippen LogP contribution in [0, 0.1) is 11.3 Å². The summed E-state index contributed by atoms with van der Waals surface area (Å²) < 4.78 is 10.6. The van der Waals surface area contributed by atoms with Crippen LogP contribution in [0.1, 0.15) is 33.6 Å². The molecule has 1 saturated heterocycles. The maximum Gasteiger partial charge on any atom is 0.158 e. The van der Waals surface area contributed by atoms with E-state index in [4.69, 9.17) is 15.2 Å². The second-order valence-electron chi connectivity index (χ2n) is 6.37. The third kappa shape index (κ3) is 4.19. The van der Waals surface area contributed by atoms with Crippen LogP contribution in [0.4, 0.5) is 0 Å². The lowest BCUT2D eigenvalue weighted by molar-refractivity contribution is -0.116. The van der Waals surface area contributed by atoms with Crippen LogP contribution in [0.5, 0.6) is 0 Å². The minimum absolute atomic E-state index is 0.146. The summed E-state index contributed by atoms with van der Waals surface area (Å²) >= 11 is 0. The topological polar surface area (TPSA) is 47.7 Å². The smallest absolute Gasteiger partial charge is 0.158 e. The number of nitrogens with zero attached hydrogens (tertiary/aromatic N) is 1. The number of rotatable bonds is 6. The van der Waals surface area contributed by atoms with E-state index in [-0.39, 0.29) is 6.29 Å². The quantitative estimate of drug-likeness (QED) is 0.737. The van der Waals surface area contributed by atoms with Gasteiger partial charge in [0.25, 0.3) is 0 Å². The summed E-state index contributed by atoms with van der Waals surface area (Å²) in [5, 5.41) is 0. The molecular weight excluding hydrogens is 228 g/mol. The summed E-state index contributed by atoms with van der Waals surface area (Å²) in [6, 6.07) is 0.363. The fraction of sp³-hybridized carbons (Fsp3) is 1.00. The molecule has 18 heavy (non-hydrogen) atoms. The molecule has 4 heteroatoms. The van der Waals surface area contributed by atoms with E-state index in [1.54, 1.807) is 14.2 Å². The highest BCUT2D eigenvalue weighted by molar-refractivity contribution is 4.87. The number of methoxy groups -OCH3 is 2. The van der Waals surface area contributed by atoms with Crippen molar-refractivity contribution in [3.05, 3.63) is 0 Å². The van der Waals surface area contributed by atoms with Gasteiger partial charge in [-0.3, -0.25) is 4.90 Å². The molecule has 2 unspecified atom stereocenters. The van der Waals surface area contributed by atoms with Gasteiger partial charge in [-0.1, -0.05) is 20.8 Å². The Labute approximate surface area is 112 Å². The molecule has 1 heterocycles. The van der Waals surface area contributed by atoms with Gasteiger partial charge in [-0.05, 0) is 24.3 Å². The molecule has 2 N–H and O–H groups in total. The lowest BCUT2D eigenvalue weighted by Gasteiger charge is -2.31. The summed E-state index contributed by atoms with van der Waals surface area (Å²) in [6.45, 7) is 9.93. The van der Waals surface area contributed by atoms with Crippen LogP contribution in [-0.4, -0.2) is 51.1 Å². The summed E-state index contributed by atoms with van der Waals surface area (Å²) in [7, 11) is 3.37. The van der Waals surface area contributed by atoms with Gasteiger partial charge < -0.3 is 15.2 Å². The SMILES string of the molecule is COC(CC(CN)N1CCC(C(C)(C)C)C1)OC. The first-order valence-corrected chi connectivity index (χ1v) is 6.92. The molecule has 1 fully saturated rings. The maximum atomic E-state index is 5.91. The van der Waals surface area contributed by atoms with Gasteiger partial charge in [0.15, 0.2) is 6.29 Å². The minimum Gasteiger partial charge on any atom is -0.356 e. The van der Waals surface area contributed by atoms with E-state index in [2.05, 4.69) is 25.7 Å². The first-order chi connectivity index (χ1) is 8.42. The summed E-state index contributed by atoms with van der Waals surface area (Å²) in [6.07, 6.45) is 1.97. The highest BCUT2D eigenvalue weighted by Gasteiger charge is 2.34. The van der Waals surface area contributed by atoms with Crippen LogP contribution in [-0.2, 0) is 9.47 Å². The highest BCUT2D eigenvalue weighted by atomic mass is 16.7. The van der Waals surface area contributed by atoms with E-state index in [0.29, 0.717) is 18.0 Å². The molecule has 0 aliphatic carbocycles. The van der Waals surface area contributed by atoms with Crippen molar-refractivity contribution in [2.75, 3.05) is 33.9 Å². The zero-order valence-corrected chi connectivity index (χ0v) is 12.6. The summed E-state index contributed by atoms with van der Waals surface area (Å²) in [5.74, 6) is 0.759. The Balaban J connectivity index is 2.52. The van der Waals surface area contributed by atoms with Crippen molar-refractivity contribution in [1.82, 2.24) is 4.90 Å². The molecule has 0 saturated carbocycles. The normalized spacial score (nSPS) is 23.8. The monoisotopic (exact) mass is 258 g/mol. The Hall–Kier alpha value is -0.160. The molecule has 0 amide bonds. The van der Waals surface area contributed by atoms with Crippen molar-refractivity contribution in [2.45, 2.75) is 45.9 Å². The lowest BCUT2D eigenvalue weighted by Crippen LogP contribution is -2.42. The van der Waals surface area contributed by atoms with Crippen LogP contribution >= 0.6 is 0 Å². The van der Waals surface area contributed by atoms with Gasteiger partial charge >= 0.3 is 0 Å². The molecule has 0 aromatic rings. The zero-order valence-electron chi connectivity index (χ0n) is 12.6. The lowest BCUT2D eigenvalue weighted by atomic mass is 9.80. The highest BCUT2D eigenvalue weighted by Crippen LogP contribution is 2.34. The molecular formula is C14H30N2O2. The molecule has 0 spiro atoms. The average Bonchev–Trinajstić information content (AvgIpc) is 2.80. The van der Waals surface area contributed by atoms with Gasteiger partial charge in [-0.15, -0.1) is 0 Å². The number of hydrogen-bond acceptors (Lipinski definition) is 4. The van der Waals surface area contributed by atoms with Gasteiger partial charge in [0.2, 0.25) is 0 Å². The van der Waals surface area contributed by atoms with Crippen LogP contribution < -0.4 is 5.73 Å². The number of likely N-dealkylation sites (tertiary alicyclic amines) is 1. The van der Waals surface area contributed by atoms with Crippen molar-refractivity contribution in [3.63, 3.8) is 0 Å². The first-order valence-electron chi connectivity index (χ1n) is 6.92. The standard InChI is InChI=1S/C14H30N2O2/c1-14(2,3)11-6-7-16(10-11)12(9-15)8-13(17-4)18-5/h11-13H,6-10,15H2,1-5H3. The molecule has 4 nitrogen and oxygen atoms in total. The summed E-state index contributed by atoms with van der Waals surface area (Å²) in [5.41, 5.74) is 6.30. The largest absolute Gasteiger partial charge is 0.356 e. The maximum absolute atomic E-state index is 5.91. The molecule has 1 aliphatic rings. The molecule has 2 atom stereocenters. The molecule has 1 rings (SSSR count). The number of hydrogen-bond donors (Lipinski definition) is 1. The van der Waals surface area contributed by atoms with Gasteiger partial charge in [0.1, 0.15) is 0 Å². The zero-order chi connectivity index (χ0) is 13.8. The second-order valence-corrected chi connectivity index (χ2v) is 6.37. The minimum atomic E-state index is -0.146. The van der Waals surface area contributed by atoms with Crippen LogP contribution in [0.15, 0.2) is 0 Å². The first kappa shape index (κ1) is 15.9.